The number of aromatic nitrogens is 3. The van der Waals surface area contributed by atoms with Gasteiger partial charge in [-0.1, -0.05) is 6.07 Å². The number of piperidine rings is 1. The Morgan fingerprint density at radius 2 is 2.30 bits per heavy atom. The number of nitrogens with zero attached hydrogens (tertiary/aromatic N) is 4. The summed E-state index contributed by atoms with van der Waals surface area (Å²) >= 11 is 0. The van der Waals surface area contributed by atoms with Crippen LogP contribution in [0.2, 0.25) is 0 Å². The molecule has 20 heavy (non-hydrogen) atoms. The highest BCUT2D eigenvalue weighted by atomic mass is 16.4. The highest BCUT2D eigenvalue weighted by molar-refractivity contribution is 5.38. The molecule has 6 heteroatoms. The van der Waals surface area contributed by atoms with Crippen LogP contribution in [0.1, 0.15) is 43.5 Å². The number of nitrogens with two attached hydrogens (primary N) is 1. The molecule has 1 aliphatic heterocycles. The molecule has 6 nitrogen and oxygen atoms in total. The second kappa shape index (κ2) is 5.58. The molecule has 3 rings (SSSR count). The Balaban J connectivity index is 1.74. The van der Waals surface area contributed by atoms with Crippen LogP contribution >= 0.6 is 0 Å². The molecule has 0 spiro atoms. The van der Waals surface area contributed by atoms with Gasteiger partial charge in [0.25, 0.3) is 0 Å². The van der Waals surface area contributed by atoms with Gasteiger partial charge in [-0.05, 0) is 31.9 Å². The Hall–Kier alpha value is -1.95. The quantitative estimate of drug-likeness (QED) is 0.919. The first-order valence-electron chi connectivity index (χ1n) is 6.99. The molecule has 3 heterocycles. The summed E-state index contributed by atoms with van der Waals surface area (Å²) < 4.78 is 5.67. The number of hydrogen-bond acceptors (Lipinski definition) is 6. The summed E-state index contributed by atoms with van der Waals surface area (Å²) in [6.07, 6.45) is 3.97. The van der Waals surface area contributed by atoms with E-state index < -0.39 is 0 Å². The lowest BCUT2D eigenvalue weighted by Gasteiger charge is -2.31. The normalized spacial score (nSPS) is 20.9. The molecule has 2 aromatic heterocycles. The van der Waals surface area contributed by atoms with Crippen molar-refractivity contribution >= 4 is 5.82 Å². The lowest BCUT2D eigenvalue weighted by Crippen LogP contribution is -2.35. The number of hydrogen-bond donors (Lipinski definition) is 1. The van der Waals surface area contributed by atoms with Gasteiger partial charge in [-0.3, -0.25) is 0 Å². The number of anilines is 1. The van der Waals surface area contributed by atoms with Crippen LogP contribution in [-0.2, 0) is 0 Å². The third-order valence-corrected chi connectivity index (χ3v) is 3.59. The molecule has 106 valence electrons. The zero-order chi connectivity index (χ0) is 13.9. The topological polar surface area (TPSA) is 81.1 Å². The van der Waals surface area contributed by atoms with E-state index in [1.807, 2.05) is 31.3 Å². The summed E-state index contributed by atoms with van der Waals surface area (Å²) in [4.78, 5) is 6.67. The maximum Gasteiger partial charge on any atom is 0.232 e. The monoisotopic (exact) mass is 273 g/mol. The van der Waals surface area contributed by atoms with Crippen LogP contribution in [0, 0.1) is 0 Å². The average Bonchev–Trinajstić information content (AvgIpc) is 2.98. The van der Waals surface area contributed by atoms with Crippen LogP contribution in [0.4, 0.5) is 5.82 Å². The van der Waals surface area contributed by atoms with Gasteiger partial charge >= 0.3 is 0 Å². The Labute approximate surface area is 118 Å². The van der Waals surface area contributed by atoms with Gasteiger partial charge in [0.1, 0.15) is 5.82 Å². The standard InChI is InChI=1S/C14H19N5O/c1-10(15)13-17-18-14(20-13)11-5-4-8-19(9-11)12-6-2-3-7-16-12/h2-3,6-7,10-11H,4-5,8-9,15H2,1H3. The molecular formula is C14H19N5O. The average molecular weight is 273 g/mol. The lowest BCUT2D eigenvalue weighted by molar-refractivity contribution is 0.370. The summed E-state index contributed by atoms with van der Waals surface area (Å²) in [5.41, 5.74) is 5.76. The Kier molecular flexibility index (Phi) is 3.64. The molecule has 0 radical (unpaired) electrons. The minimum absolute atomic E-state index is 0.216. The summed E-state index contributed by atoms with van der Waals surface area (Å²) in [6.45, 7) is 3.72. The van der Waals surface area contributed by atoms with Crippen LogP contribution in [0.5, 0.6) is 0 Å². The zero-order valence-corrected chi connectivity index (χ0v) is 11.6. The van der Waals surface area contributed by atoms with E-state index in [2.05, 4.69) is 20.1 Å². The molecule has 1 aliphatic rings. The first kappa shape index (κ1) is 13.1. The van der Waals surface area contributed by atoms with Crippen molar-refractivity contribution in [3.8, 4) is 0 Å². The van der Waals surface area contributed by atoms with Crippen LogP contribution < -0.4 is 10.6 Å². The fraction of sp³-hybridized carbons (Fsp3) is 0.500. The predicted octanol–water partition coefficient (Wildman–Crippen LogP) is 1.87. The van der Waals surface area contributed by atoms with Crippen LogP contribution in [-0.4, -0.2) is 28.3 Å². The predicted molar refractivity (Wildman–Crippen MR) is 75.3 cm³/mol. The fourth-order valence-corrected chi connectivity index (χ4v) is 2.52. The first-order valence-corrected chi connectivity index (χ1v) is 6.99. The van der Waals surface area contributed by atoms with Gasteiger partial charge in [0, 0.05) is 19.3 Å². The van der Waals surface area contributed by atoms with E-state index in [1.165, 1.54) is 0 Å². The van der Waals surface area contributed by atoms with E-state index in [9.17, 15) is 0 Å². The summed E-state index contributed by atoms with van der Waals surface area (Å²) in [5, 5.41) is 8.16. The molecule has 2 atom stereocenters. The summed E-state index contributed by atoms with van der Waals surface area (Å²) in [7, 11) is 0. The van der Waals surface area contributed by atoms with Crippen LogP contribution in [0.3, 0.4) is 0 Å². The molecule has 1 saturated heterocycles. The minimum atomic E-state index is -0.216. The van der Waals surface area contributed by atoms with Gasteiger partial charge < -0.3 is 15.1 Å². The molecule has 0 aliphatic carbocycles. The maximum absolute atomic E-state index is 5.76. The number of rotatable bonds is 3. The van der Waals surface area contributed by atoms with Crippen LogP contribution in [0.15, 0.2) is 28.8 Å². The molecule has 2 unspecified atom stereocenters. The minimum Gasteiger partial charge on any atom is -0.423 e. The maximum atomic E-state index is 5.76. The van der Waals surface area contributed by atoms with Gasteiger partial charge in [-0.15, -0.1) is 10.2 Å². The number of pyridine rings is 1. The van der Waals surface area contributed by atoms with Gasteiger partial charge in [0.2, 0.25) is 11.8 Å². The van der Waals surface area contributed by atoms with E-state index in [1.54, 1.807) is 0 Å². The van der Waals surface area contributed by atoms with Crippen molar-refractivity contribution in [3.63, 3.8) is 0 Å². The highest BCUT2D eigenvalue weighted by Crippen LogP contribution is 2.28. The van der Waals surface area contributed by atoms with Crippen molar-refractivity contribution in [2.75, 3.05) is 18.0 Å². The van der Waals surface area contributed by atoms with Crippen molar-refractivity contribution in [1.29, 1.82) is 0 Å². The smallest absolute Gasteiger partial charge is 0.232 e. The molecular weight excluding hydrogens is 254 g/mol. The van der Waals surface area contributed by atoms with E-state index in [-0.39, 0.29) is 12.0 Å². The lowest BCUT2D eigenvalue weighted by atomic mass is 9.98. The van der Waals surface area contributed by atoms with Crippen molar-refractivity contribution in [2.24, 2.45) is 5.73 Å². The molecule has 0 amide bonds. The SMILES string of the molecule is CC(N)c1nnc(C2CCCN(c3ccccn3)C2)o1. The largest absolute Gasteiger partial charge is 0.423 e. The Bertz CT molecular complexity index is 554. The van der Waals surface area contributed by atoms with Gasteiger partial charge in [-0.25, -0.2) is 4.98 Å². The molecule has 2 aromatic rings. The highest BCUT2D eigenvalue weighted by Gasteiger charge is 2.26. The van der Waals surface area contributed by atoms with E-state index >= 15 is 0 Å². The van der Waals surface area contributed by atoms with E-state index in [0.717, 1.165) is 31.7 Å². The Morgan fingerprint density at radius 1 is 1.40 bits per heavy atom. The summed E-state index contributed by atoms with van der Waals surface area (Å²) in [6, 6.07) is 5.75. The van der Waals surface area contributed by atoms with E-state index in [4.69, 9.17) is 10.2 Å². The van der Waals surface area contributed by atoms with Crippen molar-refractivity contribution in [2.45, 2.75) is 31.7 Å². The van der Waals surface area contributed by atoms with Gasteiger partial charge in [0.15, 0.2) is 0 Å². The molecule has 0 saturated carbocycles. The second-order valence-corrected chi connectivity index (χ2v) is 5.24. The molecule has 2 N–H and O–H groups in total. The van der Waals surface area contributed by atoms with Gasteiger partial charge in [-0.2, -0.15) is 0 Å². The van der Waals surface area contributed by atoms with Crippen molar-refractivity contribution in [1.82, 2.24) is 15.2 Å². The first-order chi connectivity index (χ1) is 9.74. The van der Waals surface area contributed by atoms with Crippen molar-refractivity contribution in [3.05, 3.63) is 36.2 Å². The summed E-state index contributed by atoms with van der Waals surface area (Å²) in [5.74, 6) is 2.46. The Morgan fingerprint density at radius 3 is 3.00 bits per heavy atom. The fourth-order valence-electron chi connectivity index (χ4n) is 2.52. The third kappa shape index (κ3) is 2.65. The molecule has 1 fully saturated rings. The van der Waals surface area contributed by atoms with Crippen LogP contribution in [0.25, 0.3) is 0 Å². The molecule has 0 aromatic carbocycles. The van der Waals surface area contributed by atoms with Crippen molar-refractivity contribution < 1.29 is 4.42 Å². The van der Waals surface area contributed by atoms with E-state index in [0.29, 0.717) is 11.8 Å². The third-order valence-electron chi connectivity index (χ3n) is 3.59. The second-order valence-electron chi connectivity index (χ2n) is 5.24. The van der Waals surface area contributed by atoms with Gasteiger partial charge in [0.05, 0.1) is 12.0 Å². The zero-order valence-electron chi connectivity index (χ0n) is 11.6. The molecule has 0 bridgehead atoms.